The van der Waals surface area contributed by atoms with Crippen LogP contribution in [-0.2, 0) is 19.1 Å². The molecule has 1 amide bonds. The first-order chi connectivity index (χ1) is 14.4. The van der Waals surface area contributed by atoms with Crippen LogP contribution in [0.1, 0.15) is 38.7 Å². The van der Waals surface area contributed by atoms with Crippen molar-refractivity contribution in [3.05, 3.63) is 65.9 Å². The van der Waals surface area contributed by atoms with Gasteiger partial charge in [-0.25, -0.2) is 0 Å². The minimum Gasteiger partial charge on any atom is -0.481 e. The van der Waals surface area contributed by atoms with Crippen LogP contribution in [0.2, 0.25) is 0 Å². The fourth-order valence-electron chi connectivity index (χ4n) is 2.91. The van der Waals surface area contributed by atoms with Crippen molar-refractivity contribution in [3.63, 3.8) is 0 Å². The number of ether oxygens (including phenoxy) is 1. The predicted octanol–water partition coefficient (Wildman–Crippen LogP) is 4.26. The van der Waals surface area contributed by atoms with Gasteiger partial charge >= 0.3 is 11.9 Å². The Morgan fingerprint density at radius 1 is 1.00 bits per heavy atom. The van der Waals surface area contributed by atoms with E-state index in [4.69, 9.17) is 9.84 Å². The maximum Gasteiger partial charge on any atom is 0.309 e. The third kappa shape index (κ3) is 7.54. The Morgan fingerprint density at radius 2 is 1.63 bits per heavy atom. The van der Waals surface area contributed by atoms with Gasteiger partial charge in [-0.1, -0.05) is 61.5 Å². The number of hydrogen-bond donors (Lipinski definition) is 2. The Kier molecular flexibility index (Phi) is 8.81. The van der Waals surface area contributed by atoms with Gasteiger partial charge in [0.1, 0.15) is 0 Å². The summed E-state index contributed by atoms with van der Waals surface area (Å²) in [4.78, 5) is 34.8. The first-order valence-electron chi connectivity index (χ1n) is 9.93. The van der Waals surface area contributed by atoms with Crippen LogP contribution in [0, 0.1) is 5.92 Å². The molecule has 0 saturated heterocycles. The lowest BCUT2D eigenvalue weighted by atomic mass is 10.0. The zero-order chi connectivity index (χ0) is 21.9. The molecule has 0 spiro atoms. The number of allylic oxidation sites excluding steroid dienone is 1. The molecule has 30 heavy (non-hydrogen) atoms. The number of benzene rings is 2. The first-order valence-corrected chi connectivity index (χ1v) is 9.93. The average molecular weight is 409 g/mol. The molecule has 0 fully saturated rings. The van der Waals surface area contributed by atoms with E-state index in [9.17, 15) is 14.4 Å². The maximum absolute atomic E-state index is 12.1. The lowest BCUT2D eigenvalue weighted by molar-refractivity contribution is -0.147. The van der Waals surface area contributed by atoms with Crippen molar-refractivity contribution in [3.8, 4) is 11.1 Å². The number of aliphatic carboxylic acids is 1. The van der Waals surface area contributed by atoms with E-state index in [1.165, 1.54) is 0 Å². The zero-order valence-electron chi connectivity index (χ0n) is 17.3. The van der Waals surface area contributed by atoms with E-state index in [2.05, 4.69) is 5.32 Å². The van der Waals surface area contributed by atoms with Gasteiger partial charge in [0.25, 0.3) is 0 Å². The lowest BCUT2D eigenvalue weighted by Crippen LogP contribution is -2.26. The summed E-state index contributed by atoms with van der Waals surface area (Å²) >= 11 is 0. The fraction of sp³-hybridized carbons (Fsp3) is 0.292. The van der Waals surface area contributed by atoms with Crippen LogP contribution in [0.4, 0.5) is 0 Å². The molecule has 1 atom stereocenters. The number of carbonyl (C=O) groups excluding carboxylic acids is 2. The van der Waals surface area contributed by atoms with Crippen LogP contribution >= 0.6 is 0 Å². The molecule has 2 rings (SSSR count). The third-order valence-electron chi connectivity index (χ3n) is 4.44. The molecule has 0 aliphatic carbocycles. The lowest BCUT2D eigenvalue weighted by Gasteiger charge is -2.15. The van der Waals surface area contributed by atoms with Crippen LogP contribution in [0.3, 0.4) is 0 Å². The topological polar surface area (TPSA) is 92.7 Å². The van der Waals surface area contributed by atoms with E-state index in [-0.39, 0.29) is 31.8 Å². The first kappa shape index (κ1) is 22.9. The SMILES string of the molecule is CCOC(=O)[C@H](C)CC(=Cc1ccc(-c2ccccc2)cc1)NC(=O)CCC(=O)O. The molecule has 0 aliphatic rings. The molecular weight excluding hydrogens is 382 g/mol. The second-order valence-electron chi connectivity index (χ2n) is 6.96. The highest BCUT2D eigenvalue weighted by Crippen LogP contribution is 2.21. The van der Waals surface area contributed by atoms with E-state index < -0.39 is 17.8 Å². The van der Waals surface area contributed by atoms with E-state index in [1.54, 1.807) is 19.9 Å². The smallest absolute Gasteiger partial charge is 0.309 e. The summed E-state index contributed by atoms with van der Waals surface area (Å²) < 4.78 is 5.05. The van der Waals surface area contributed by atoms with Crippen LogP contribution in [0.15, 0.2) is 60.3 Å². The Balaban J connectivity index is 2.18. The number of esters is 1. The van der Waals surface area contributed by atoms with Gasteiger partial charge in [0.05, 0.1) is 18.9 Å². The molecule has 2 aromatic carbocycles. The molecule has 0 heterocycles. The number of rotatable bonds is 10. The van der Waals surface area contributed by atoms with Crippen molar-refractivity contribution in [2.45, 2.75) is 33.1 Å². The third-order valence-corrected chi connectivity index (χ3v) is 4.44. The molecular formula is C24H27NO5. The second kappa shape index (κ2) is 11.6. The molecule has 0 unspecified atom stereocenters. The summed E-state index contributed by atoms with van der Waals surface area (Å²) in [6.45, 7) is 3.76. The summed E-state index contributed by atoms with van der Waals surface area (Å²) in [5, 5.41) is 11.5. The molecule has 6 heteroatoms. The van der Waals surface area contributed by atoms with Gasteiger partial charge in [0, 0.05) is 18.5 Å². The maximum atomic E-state index is 12.1. The normalized spacial score (nSPS) is 12.1. The number of nitrogens with one attached hydrogen (secondary N) is 1. The molecule has 0 bridgehead atoms. The quantitative estimate of drug-likeness (QED) is 0.572. The average Bonchev–Trinajstić information content (AvgIpc) is 2.73. The Labute approximate surface area is 176 Å². The molecule has 0 saturated carbocycles. The predicted molar refractivity (Wildman–Crippen MR) is 115 cm³/mol. The second-order valence-corrected chi connectivity index (χ2v) is 6.96. The Hall–Kier alpha value is -3.41. The number of hydrogen-bond acceptors (Lipinski definition) is 4. The number of carboxylic acids is 1. The summed E-state index contributed by atoms with van der Waals surface area (Å²) in [5.74, 6) is -2.23. The summed E-state index contributed by atoms with van der Waals surface area (Å²) in [5.41, 5.74) is 3.57. The molecule has 2 aromatic rings. The number of amides is 1. The highest BCUT2D eigenvalue weighted by molar-refractivity contribution is 5.83. The van der Waals surface area contributed by atoms with Crippen LogP contribution < -0.4 is 5.32 Å². The molecule has 2 N–H and O–H groups in total. The highest BCUT2D eigenvalue weighted by atomic mass is 16.5. The Morgan fingerprint density at radius 3 is 2.23 bits per heavy atom. The van der Waals surface area contributed by atoms with E-state index in [0.29, 0.717) is 5.70 Å². The van der Waals surface area contributed by atoms with Crippen molar-refractivity contribution in [1.29, 1.82) is 0 Å². The summed E-state index contributed by atoms with van der Waals surface area (Å²) in [6, 6.07) is 17.8. The fourth-order valence-corrected chi connectivity index (χ4v) is 2.91. The van der Waals surface area contributed by atoms with Gasteiger partial charge in [-0.3, -0.25) is 14.4 Å². The van der Waals surface area contributed by atoms with Crippen molar-refractivity contribution in [2.24, 2.45) is 5.92 Å². The van der Waals surface area contributed by atoms with Gasteiger partial charge in [-0.2, -0.15) is 0 Å². The van der Waals surface area contributed by atoms with Gasteiger partial charge < -0.3 is 15.2 Å². The highest BCUT2D eigenvalue weighted by Gasteiger charge is 2.17. The minimum atomic E-state index is -1.04. The summed E-state index contributed by atoms with van der Waals surface area (Å²) in [7, 11) is 0. The molecule has 0 radical (unpaired) electrons. The molecule has 6 nitrogen and oxygen atoms in total. The van der Waals surface area contributed by atoms with E-state index in [0.717, 1.165) is 16.7 Å². The molecule has 158 valence electrons. The summed E-state index contributed by atoms with van der Waals surface area (Å²) in [6.07, 6.45) is 1.69. The van der Waals surface area contributed by atoms with Gasteiger partial charge in [-0.15, -0.1) is 0 Å². The minimum absolute atomic E-state index is 0.132. The van der Waals surface area contributed by atoms with Gasteiger partial charge in [0.15, 0.2) is 0 Å². The van der Waals surface area contributed by atoms with Crippen LogP contribution in [-0.4, -0.2) is 29.6 Å². The van der Waals surface area contributed by atoms with Crippen molar-refractivity contribution in [2.75, 3.05) is 6.61 Å². The van der Waals surface area contributed by atoms with E-state index in [1.807, 2.05) is 54.6 Å². The van der Waals surface area contributed by atoms with Crippen LogP contribution in [0.25, 0.3) is 17.2 Å². The number of carbonyl (C=O) groups is 3. The van der Waals surface area contributed by atoms with Crippen molar-refractivity contribution < 1.29 is 24.2 Å². The largest absolute Gasteiger partial charge is 0.481 e. The molecule has 0 aliphatic heterocycles. The monoisotopic (exact) mass is 409 g/mol. The van der Waals surface area contributed by atoms with Gasteiger partial charge in [-0.05, 0) is 29.7 Å². The van der Waals surface area contributed by atoms with E-state index >= 15 is 0 Å². The molecule has 0 aromatic heterocycles. The van der Waals surface area contributed by atoms with Gasteiger partial charge in [0.2, 0.25) is 5.91 Å². The van der Waals surface area contributed by atoms with Crippen molar-refractivity contribution >= 4 is 23.9 Å². The number of carboxylic acid groups (broad SMARTS) is 1. The standard InChI is InChI=1S/C24H27NO5/c1-3-30-24(29)17(2)15-21(25-22(26)13-14-23(27)28)16-18-9-11-20(12-10-18)19-7-5-4-6-8-19/h4-12,16-17H,3,13-15H2,1-2H3,(H,25,26)(H,27,28)/t17-/m1/s1. The Bertz CT molecular complexity index is 888. The van der Waals surface area contributed by atoms with Crippen LogP contribution in [0.5, 0.6) is 0 Å². The van der Waals surface area contributed by atoms with Crippen molar-refractivity contribution in [1.82, 2.24) is 5.32 Å². The zero-order valence-corrected chi connectivity index (χ0v) is 17.3.